The van der Waals surface area contributed by atoms with Gasteiger partial charge in [0.25, 0.3) is 0 Å². The maximum atomic E-state index is 13.1. The molecule has 0 saturated carbocycles. The third-order valence-corrected chi connectivity index (χ3v) is 7.99. The lowest BCUT2D eigenvalue weighted by atomic mass is 9.95. The standard InChI is InChI=1S/C23H28N2O3S/c1-18(26)20-8-10-23(11-9-20)29(27,28)25-13-4-5-19(16-25)15-24-14-12-21-6-2-3-7-22(21)17-24/h2-3,6-11,19H,4-5,12-17H2,1H3. The van der Waals surface area contributed by atoms with E-state index in [2.05, 4.69) is 29.2 Å². The third kappa shape index (κ3) is 4.44. The molecule has 6 heteroatoms. The largest absolute Gasteiger partial charge is 0.298 e. The highest BCUT2D eigenvalue weighted by molar-refractivity contribution is 7.89. The minimum atomic E-state index is -3.52. The van der Waals surface area contributed by atoms with E-state index in [0.29, 0.717) is 24.6 Å². The van der Waals surface area contributed by atoms with Crippen molar-refractivity contribution >= 4 is 15.8 Å². The molecule has 0 radical (unpaired) electrons. The van der Waals surface area contributed by atoms with Gasteiger partial charge < -0.3 is 0 Å². The number of Topliss-reactive ketones (excluding diaryl/α,β-unsaturated/α-hetero) is 1. The zero-order valence-electron chi connectivity index (χ0n) is 16.9. The highest BCUT2D eigenvalue weighted by Gasteiger charge is 2.31. The Morgan fingerprint density at radius 3 is 2.48 bits per heavy atom. The minimum absolute atomic E-state index is 0.0601. The lowest BCUT2D eigenvalue weighted by Crippen LogP contribution is -2.44. The van der Waals surface area contributed by atoms with Gasteiger partial charge in [0.2, 0.25) is 10.0 Å². The van der Waals surface area contributed by atoms with Gasteiger partial charge in [-0.05, 0) is 55.4 Å². The molecule has 2 heterocycles. The van der Waals surface area contributed by atoms with Crippen molar-refractivity contribution in [2.45, 2.75) is 37.6 Å². The summed E-state index contributed by atoms with van der Waals surface area (Å²) >= 11 is 0. The molecule has 1 unspecified atom stereocenters. The summed E-state index contributed by atoms with van der Waals surface area (Å²) in [4.78, 5) is 14.2. The van der Waals surface area contributed by atoms with Gasteiger partial charge in [0.1, 0.15) is 0 Å². The quantitative estimate of drug-likeness (QED) is 0.707. The summed E-state index contributed by atoms with van der Waals surface area (Å²) in [5.41, 5.74) is 3.36. The first-order chi connectivity index (χ1) is 13.9. The van der Waals surface area contributed by atoms with Crippen LogP contribution in [-0.2, 0) is 23.0 Å². The molecule has 154 valence electrons. The van der Waals surface area contributed by atoms with E-state index in [1.54, 1.807) is 28.6 Å². The van der Waals surface area contributed by atoms with Crippen molar-refractivity contribution < 1.29 is 13.2 Å². The fourth-order valence-corrected chi connectivity index (χ4v) is 6.03. The maximum Gasteiger partial charge on any atom is 0.243 e. The van der Waals surface area contributed by atoms with Crippen LogP contribution in [0.4, 0.5) is 0 Å². The lowest BCUT2D eigenvalue weighted by Gasteiger charge is -2.36. The van der Waals surface area contributed by atoms with E-state index in [1.165, 1.54) is 18.1 Å². The summed E-state index contributed by atoms with van der Waals surface area (Å²) in [6, 6.07) is 14.9. The van der Waals surface area contributed by atoms with Gasteiger partial charge in [0.15, 0.2) is 5.78 Å². The molecule has 1 fully saturated rings. The summed E-state index contributed by atoms with van der Waals surface area (Å²) in [7, 11) is -3.52. The van der Waals surface area contributed by atoms with E-state index in [4.69, 9.17) is 0 Å². The van der Waals surface area contributed by atoms with Gasteiger partial charge in [-0.3, -0.25) is 9.69 Å². The smallest absolute Gasteiger partial charge is 0.243 e. The van der Waals surface area contributed by atoms with Crippen LogP contribution in [0.1, 0.15) is 41.3 Å². The number of piperidine rings is 1. The maximum absolute atomic E-state index is 13.1. The molecular formula is C23H28N2O3S. The highest BCUT2D eigenvalue weighted by atomic mass is 32.2. The molecule has 2 aromatic carbocycles. The van der Waals surface area contributed by atoms with Crippen molar-refractivity contribution in [3.63, 3.8) is 0 Å². The number of carbonyl (C=O) groups excluding carboxylic acids is 1. The van der Waals surface area contributed by atoms with Crippen LogP contribution in [0.5, 0.6) is 0 Å². The van der Waals surface area contributed by atoms with E-state index in [0.717, 1.165) is 38.9 Å². The highest BCUT2D eigenvalue weighted by Crippen LogP contribution is 2.26. The monoisotopic (exact) mass is 412 g/mol. The molecule has 2 aromatic rings. The number of hydrogen-bond acceptors (Lipinski definition) is 4. The topological polar surface area (TPSA) is 57.7 Å². The van der Waals surface area contributed by atoms with E-state index in [1.807, 2.05) is 0 Å². The normalized spacial score (nSPS) is 20.9. The molecule has 4 rings (SSSR count). The first-order valence-corrected chi connectivity index (χ1v) is 11.8. The predicted molar refractivity (Wildman–Crippen MR) is 113 cm³/mol. The number of nitrogens with zero attached hydrogens (tertiary/aromatic N) is 2. The summed E-state index contributed by atoms with van der Waals surface area (Å²) in [6.07, 6.45) is 3.01. The molecule has 0 aliphatic carbocycles. The second-order valence-electron chi connectivity index (χ2n) is 8.21. The Morgan fingerprint density at radius 1 is 1.03 bits per heavy atom. The number of benzene rings is 2. The number of ketones is 1. The molecule has 0 aromatic heterocycles. The van der Waals surface area contributed by atoms with Crippen LogP contribution >= 0.6 is 0 Å². The van der Waals surface area contributed by atoms with Crippen molar-refractivity contribution in [1.29, 1.82) is 0 Å². The molecule has 5 nitrogen and oxygen atoms in total. The Balaban J connectivity index is 1.42. The molecule has 2 aliphatic heterocycles. The average Bonchev–Trinajstić information content (AvgIpc) is 2.74. The summed E-state index contributed by atoms with van der Waals surface area (Å²) in [5.74, 6) is 0.287. The number of carbonyl (C=O) groups is 1. The SMILES string of the molecule is CC(=O)c1ccc(S(=O)(=O)N2CCCC(CN3CCc4ccccc4C3)C2)cc1. The van der Waals surface area contributed by atoms with Crippen LogP contribution in [0, 0.1) is 5.92 Å². The fourth-order valence-electron chi connectivity index (χ4n) is 4.48. The van der Waals surface area contributed by atoms with Crippen LogP contribution in [0.3, 0.4) is 0 Å². The van der Waals surface area contributed by atoms with Gasteiger partial charge in [0.05, 0.1) is 4.90 Å². The number of hydrogen-bond donors (Lipinski definition) is 0. The van der Waals surface area contributed by atoms with Crippen LogP contribution < -0.4 is 0 Å². The second kappa shape index (κ2) is 8.38. The van der Waals surface area contributed by atoms with Crippen molar-refractivity contribution in [3.05, 3.63) is 65.2 Å². The van der Waals surface area contributed by atoms with Crippen molar-refractivity contribution in [1.82, 2.24) is 9.21 Å². The van der Waals surface area contributed by atoms with Crippen LogP contribution in [0.25, 0.3) is 0 Å². The molecule has 0 bridgehead atoms. The van der Waals surface area contributed by atoms with Gasteiger partial charge in [-0.2, -0.15) is 4.31 Å². The van der Waals surface area contributed by atoms with E-state index in [-0.39, 0.29) is 10.7 Å². The van der Waals surface area contributed by atoms with Gasteiger partial charge in [-0.1, -0.05) is 36.4 Å². The molecule has 0 N–H and O–H groups in total. The van der Waals surface area contributed by atoms with Crippen LogP contribution in [-0.4, -0.2) is 49.6 Å². The van der Waals surface area contributed by atoms with Crippen molar-refractivity contribution in [2.24, 2.45) is 5.92 Å². The Hall–Kier alpha value is -2.02. The predicted octanol–water partition coefficient (Wildman–Crippen LogP) is 3.35. The van der Waals surface area contributed by atoms with E-state index < -0.39 is 10.0 Å². The zero-order chi connectivity index (χ0) is 20.4. The molecule has 1 saturated heterocycles. The molecule has 0 spiro atoms. The Kier molecular flexibility index (Phi) is 5.86. The molecule has 1 atom stereocenters. The average molecular weight is 413 g/mol. The summed E-state index contributed by atoms with van der Waals surface area (Å²) < 4.78 is 27.8. The first kappa shape index (κ1) is 20.3. The fraction of sp³-hybridized carbons (Fsp3) is 0.435. The third-order valence-electron chi connectivity index (χ3n) is 6.11. The summed E-state index contributed by atoms with van der Waals surface area (Å²) in [6.45, 7) is 5.53. The second-order valence-corrected chi connectivity index (χ2v) is 10.1. The van der Waals surface area contributed by atoms with Gasteiger partial charge in [0, 0.05) is 38.3 Å². The Morgan fingerprint density at radius 2 is 1.76 bits per heavy atom. The molecule has 0 amide bonds. The lowest BCUT2D eigenvalue weighted by molar-refractivity contribution is 0.101. The van der Waals surface area contributed by atoms with E-state index >= 15 is 0 Å². The Labute approximate surface area is 173 Å². The van der Waals surface area contributed by atoms with Crippen molar-refractivity contribution in [3.8, 4) is 0 Å². The van der Waals surface area contributed by atoms with Gasteiger partial charge in [-0.15, -0.1) is 0 Å². The van der Waals surface area contributed by atoms with Crippen molar-refractivity contribution in [2.75, 3.05) is 26.2 Å². The summed E-state index contributed by atoms with van der Waals surface area (Å²) in [5, 5.41) is 0. The van der Waals surface area contributed by atoms with E-state index in [9.17, 15) is 13.2 Å². The molecule has 29 heavy (non-hydrogen) atoms. The Bertz CT molecular complexity index is 985. The molecular weight excluding hydrogens is 384 g/mol. The number of fused-ring (bicyclic) bond motifs is 1. The molecule has 2 aliphatic rings. The van der Waals surface area contributed by atoms with Gasteiger partial charge >= 0.3 is 0 Å². The van der Waals surface area contributed by atoms with Crippen LogP contribution in [0.2, 0.25) is 0 Å². The minimum Gasteiger partial charge on any atom is -0.298 e. The number of sulfonamides is 1. The van der Waals surface area contributed by atoms with Crippen LogP contribution in [0.15, 0.2) is 53.4 Å². The van der Waals surface area contributed by atoms with Gasteiger partial charge in [-0.25, -0.2) is 8.42 Å². The number of rotatable bonds is 5. The zero-order valence-corrected chi connectivity index (χ0v) is 17.7. The first-order valence-electron chi connectivity index (χ1n) is 10.3.